The lowest BCUT2D eigenvalue weighted by Gasteiger charge is -1.92. The molecule has 3 nitrogen and oxygen atoms in total. The van der Waals surface area contributed by atoms with Gasteiger partial charge < -0.3 is 10.7 Å². The van der Waals surface area contributed by atoms with Crippen LogP contribution in [0, 0.1) is 0 Å². The van der Waals surface area contributed by atoms with E-state index in [0.717, 1.165) is 5.56 Å². The van der Waals surface area contributed by atoms with Gasteiger partial charge in [-0.2, -0.15) is 0 Å². The second-order valence-electron chi connectivity index (χ2n) is 1.92. The molecule has 0 bridgehead atoms. The van der Waals surface area contributed by atoms with Crippen molar-refractivity contribution in [2.24, 2.45) is 10.7 Å². The molecule has 11 heavy (non-hydrogen) atoms. The summed E-state index contributed by atoms with van der Waals surface area (Å²) in [6.45, 7) is 3.57. The van der Waals surface area contributed by atoms with Crippen LogP contribution in [0.3, 0.4) is 0 Å². The molecule has 0 atom stereocenters. The first-order valence-electron chi connectivity index (χ1n) is 3.02. The molecule has 1 rings (SSSR count). The van der Waals surface area contributed by atoms with Gasteiger partial charge in [-0.3, -0.25) is 0 Å². The summed E-state index contributed by atoms with van der Waals surface area (Å²) in [4.78, 5) is 6.70. The second-order valence-corrected chi connectivity index (χ2v) is 2.38. The Morgan fingerprint density at radius 2 is 2.55 bits per heavy atom. The summed E-state index contributed by atoms with van der Waals surface area (Å²) in [5, 5.41) is 0.451. The predicted molar refractivity (Wildman–Crippen MR) is 48.0 cm³/mol. The fourth-order valence-electron chi connectivity index (χ4n) is 0.761. The van der Waals surface area contributed by atoms with E-state index in [0.29, 0.717) is 10.9 Å². The highest BCUT2D eigenvalue weighted by Gasteiger charge is 2.02. The topological polar surface area (TPSA) is 54.2 Å². The molecule has 0 spiro atoms. The Kier molecular flexibility index (Phi) is 2.33. The van der Waals surface area contributed by atoms with Crippen LogP contribution in [0.1, 0.15) is 5.56 Å². The fraction of sp³-hybridized carbons (Fsp3) is 0. The average Bonchev–Trinajstić information content (AvgIpc) is 2.36. The summed E-state index contributed by atoms with van der Waals surface area (Å²) >= 11 is 5.66. The first kappa shape index (κ1) is 7.88. The van der Waals surface area contributed by atoms with Crippen molar-refractivity contribution in [3.05, 3.63) is 24.4 Å². The largest absolute Gasteiger partial charge is 0.390 e. The lowest BCUT2D eigenvalue weighted by Crippen LogP contribution is -1.87. The molecule has 0 unspecified atom stereocenters. The summed E-state index contributed by atoms with van der Waals surface area (Å²) < 4.78 is 0. The zero-order chi connectivity index (χ0) is 8.27. The summed E-state index contributed by atoms with van der Waals surface area (Å²) in [6.07, 6.45) is 2.93. The predicted octanol–water partition coefficient (Wildman–Crippen LogP) is 1.84. The van der Waals surface area contributed by atoms with Gasteiger partial charge in [0.1, 0.15) is 5.82 Å². The third-order valence-electron chi connectivity index (χ3n) is 1.22. The van der Waals surface area contributed by atoms with E-state index in [1.165, 1.54) is 6.34 Å². The number of hydrogen-bond donors (Lipinski definition) is 2. The zero-order valence-corrected chi connectivity index (χ0v) is 6.60. The molecular formula is C7H8ClN3. The van der Waals surface area contributed by atoms with E-state index in [9.17, 15) is 0 Å². The van der Waals surface area contributed by atoms with Crippen molar-refractivity contribution in [3.8, 4) is 0 Å². The Morgan fingerprint density at radius 3 is 3.09 bits per heavy atom. The molecule has 1 aromatic heterocycles. The van der Waals surface area contributed by atoms with Crippen molar-refractivity contribution < 1.29 is 0 Å². The molecule has 1 aromatic rings. The van der Waals surface area contributed by atoms with Crippen LogP contribution in [-0.2, 0) is 0 Å². The smallest absolute Gasteiger partial charge is 0.140 e. The van der Waals surface area contributed by atoms with Crippen molar-refractivity contribution in [1.29, 1.82) is 0 Å². The van der Waals surface area contributed by atoms with E-state index < -0.39 is 0 Å². The van der Waals surface area contributed by atoms with Crippen molar-refractivity contribution >= 4 is 28.8 Å². The molecule has 0 aliphatic rings. The van der Waals surface area contributed by atoms with E-state index in [1.54, 1.807) is 12.3 Å². The van der Waals surface area contributed by atoms with Gasteiger partial charge in [0, 0.05) is 16.8 Å². The van der Waals surface area contributed by atoms with Gasteiger partial charge in [-0.15, -0.1) is 0 Å². The quantitative estimate of drug-likeness (QED) is 0.515. The summed E-state index contributed by atoms with van der Waals surface area (Å²) in [7, 11) is 0. The minimum atomic E-state index is 0.451. The Morgan fingerprint density at radius 1 is 1.82 bits per heavy atom. The maximum atomic E-state index is 5.66. The standard InChI is InChI=1S/C7H8ClN3/c1-5(8)6-2-3-10-7(6)11-4-9/h2-4,10H,1H2,(H2,9,11). The van der Waals surface area contributed by atoms with Crippen molar-refractivity contribution in [1.82, 2.24) is 4.98 Å². The highest BCUT2D eigenvalue weighted by Crippen LogP contribution is 2.25. The highest BCUT2D eigenvalue weighted by atomic mass is 35.5. The third-order valence-corrected chi connectivity index (χ3v) is 1.42. The Labute approximate surface area is 69.6 Å². The zero-order valence-electron chi connectivity index (χ0n) is 5.84. The number of H-pyrrole nitrogens is 1. The van der Waals surface area contributed by atoms with Crippen LogP contribution < -0.4 is 5.73 Å². The van der Waals surface area contributed by atoms with Crippen LogP contribution in [0.25, 0.3) is 5.03 Å². The molecule has 0 aromatic carbocycles. The molecule has 1 heterocycles. The number of nitrogens with one attached hydrogen (secondary N) is 1. The van der Waals surface area contributed by atoms with Crippen LogP contribution in [0.15, 0.2) is 23.8 Å². The monoisotopic (exact) mass is 169 g/mol. The van der Waals surface area contributed by atoms with Crippen LogP contribution >= 0.6 is 11.6 Å². The second kappa shape index (κ2) is 3.25. The van der Waals surface area contributed by atoms with Gasteiger partial charge in [-0.1, -0.05) is 18.2 Å². The average molecular weight is 170 g/mol. The number of aliphatic imine (C=N–C) groups is 1. The normalized spacial score (nSPS) is 10.6. The highest BCUT2D eigenvalue weighted by molar-refractivity contribution is 6.48. The molecule has 0 aliphatic carbocycles. The number of hydrogen-bond acceptors (Lipinski definition) is 1. The third kappa shape index (κ3) is 1.62. The number of aromatic amines is 1. The van der Waals surface area contributed by atoms with Gasteiger partial charge in [-0.05, 0) is 6.07 Å². The van der Waals surface area contributed by atoms with Gasteiger partial charge in [0.05, 0.1) is 6.34 Å². The summed E-state index contributed by atoms with van der Waals surface area (Å²) in [6, 6.07) is 1.79. The van der Waals surface area contributed by atoms with Crippen LogP contribution in [0.4, 0.5) is 5.82 Å². The lowest BCUT2D eigenvalue weighted by molar-refractivity contribution is 1.33. The number of nitrogens with zero attached hydrogens (tertiary/aromatic N) is 1. The Bertz CT molecular complexity index is 288. The van der Waals surface area contributed by atoms with Gasteiger partial charge in [0.2, 0.25) is 0 Å². The Hall–Kier alpha value is -1.22. The number of halogens is 1. The van der Waals surface area contributed by atoms with Gasteiger partial charge in [-0.25, -0.2) is 4.99 Å². The SMILES string of the molecule is C=C(Cl)c1cc[nH]c1N=CN. The maximum Gasteiger partial charge on any atom is 0.140 e. The van der Waals surface area contributed by atoms with E-state index in [1.807, 2.05) is 0 Å². The van der Waals surface area contributed by atoms with Gasteiger partial charge in [0.25, 0.3) is 0 Å². The number of rotatable bonds is 2. The maximum absolute atomic E-state index is 5.66. The molecule has 0 aliphatic heterocycles. The van der Waals surface area contributed by atoms with E-state index in [-0.39, 0.29) is 0 Å². The first-order chi connectivity index (χ1) is 5.25. The van der Waals surface area contributed by atoms with Crippen LogP contribution in [-0.4, -0.2) is 11.3 Å². The molecule has 0 saturated carbocycles. The van der Waals surface area contributed by atoms with Gasteiger partial charge in [0.15, 0.2) is 0 Å². The molecule has 0 amide bonds. The number of nitrogens with two attached hydrogens (primary N) is 1. The van der Waals surface area contributed by atoms with Gasteiger partial charge >= 0.3 is 0 Å². The van der Waals surface area contributed by atoms with Crippen molar-refractivity contribution in [2.45, 2.75) is 0 Å². The molecule has 3 N–H and O–H groups in total. The lowest BCUT2D eigenvalue weighted by atomic mass is 10.3. The van der Waals surface area contributed by atoms with E-state index >= 15 is 0 Å². The molecule has 4 heteroatoms. The van der Waals surface area contributed by atoms with Crippen molar-refractivity contribution in [3.63, 3.8) is 0 Å². The fourth-order valence-corrected chi connectivity index (χ4v) is 0.913. The molecule has 58 valence electrons. The van der Waals surface area contributed by atoms with Crippen LogP contribution in [0.5, 0.6) is 0 Å². The van der Waals surface area contributed by atoms with E-state index in [2.05, 4.69) is 16.6 Å². The molecular weight excluding hydrogens is 162 g/mol. The van der Waals surface area contributed by atoms with Crippen molar-refractivity contribution in [2.75, 3.05) is 0 Å². The summed E-state index contributed by atoms with van der Waals surface area (Å²) in [5.74, 6) is 0.632. The minimum absolute atomic E-state index is 0.451. The molecule has 0 radical (unpaired) electrons. The summed E-state index contributed by atoms with van der Waals surface area (Å²) in [5.41, 5.74) is 5.88. The van der Waals surface area contributed by atoms with E-state index in [4.69, 9.17) is 17.3 Å². The van der Waals surface area contributed by atoms with Crippen LogP contribution in [0.2, 0.25) is 0 Å². The molecule has 0 fully saturated rings. The first-order valence-corrected chi connectivity index (χ1v) is 3.40. The molecule has 0 saturated heterocycles. The minimum Gasteiger partial charge on any atom is -0.390 e. The number of aromatic nitrogens is 1. The Balaban J connectivity index is 3.05.